The molecule has 0 bridgehead atoms. The Labute approximate surface area is 94.2 Å². The first-order valence-electron chi connectivity index (χ1n) is 5.30. The molecule has 0 aliphatic carbocycles. The fourth-order valence-electron chi connectivity index (χ4n) is 1.52. The zero-order valence-electron chi connectivity index (χ0n) is 9.58. The maximum Gasteiger partial charge on any atom is 0.177 e. The number of nitrogens with one attached hydrogen (secondary N) is 2. The molecule has 0 aromatic carbocycles. The summed E-state index contributed by atoms with van der Waals surface area (Å²) in [6, 6.07) is 2.05. The minimum Gasteiger partial charge on any atom is -0.383 e. The van der Waals surface area contributed by atoms with E-state index in [1.54, 1.807) is 7.11 Å². The SMILES string of the molecule is COCCNCc1nc2ncc(C)cc2[nH]1. The van der Waals surface area contributed by atoms with Gasteiger partial charge in [-0.25, -0.2) is 9.97 Å². The number of ether oxygens (including phenoxy) is 1. The van der Waals surface area contributed by atoms with Crippen molar-refractivity contribution in [1.82, 2.24) is 20.3 Å². The molecule has 0 saturated heterocycles. The number of imidazole rings is 1. The van der Waals surface area contributed by atoms with Crippen LogP contribution in [0.25, 0.3) is 11.2 Å². The number of pyridine rings is 1. The van der Waals surface area contributed by atoms with E-state index in [-0.39, 0.29) is 0 Å². The molecule has 2 rings (SSSR count). The topological polar surface area (TPSA) is 62.8 Å². The van der Waals surface area contributed by atoms with Crippen LogP contribution in [-0.2, 0) is 11.3 Å². The van der Waals surface area contributed by atoms with E-state index in [2.05, 4.69) is 20.3 Å². The van der Waals surface area contributed by atoms with E-state index in [9.17, 15) is 0 Å². The molecule has 2 N–H and O–H groups in total. The maximum atomic E-state index is 4.95. The monoisotopic (exact) mass is 220 g/mol. The summed E-state index contributed by atoms with van der Waals surface area (Å²) in [6.07, 6.45) is 1.82. The molecular weight excluding hydrogens is 204 g/mol. The van der Waals surface area contributed by atoms with Gasteiger partial charge in [-0.05, 0) is 18.6 Å². The lowest BCUT2D eigenvalue weighted by molar-refractivity contribution is 0.199. The average Bonchev–Trinajstić information content (AvgIpc) is 2.66. The lowest BCUT2D eigenvalue weighted by atomic mass is 10.3. The van der Waals surface area contributed by atoms with E-state index in [1.807, 2.05) is 19.2 Å². The van der Waals surface area contributed by atoms with E-state index in [0.717, 1.165) is 29.1 Å². The molecule has 2 aromatic heterocycles. The summed E-state index contributed by atoms with van der Waals surface area (Å²) in [7, 11) is 1.69. The van der Waals surface area contributed by atoms with E-state index in [0.29, 0.717) is 13.2 Å². The minimum atomic E-state index is 0.706. The van der Waals surface area contributed by atoms with Gasteiger partial charge in [-0.3, -0.25) is 0 Å². The first-order valence-corrected chi connectivity index (χ1v) is 5.30. The van der Waals surface area contributed by atoms with Crippen molar-refractivity contribution < 1.29 is 4.74 Å². The van der Waals surface area contributed by atoms with E-state index in [1.165, 1.54) is 0 Å². The Morgan fingerprint density at radius 3 is 3.19 bits per heavy atom. The van der Waals surface area contributed by atoms with Crippen LogP contribution < -0.4 is 5.32 Å². The third-order valence-corrected chi connectivity index (χ3v) is 2.30. The molecule has 0 saturated carbocycles. The van der Waals surface area contributed by atoms with Crippen molar-refractivity contribution in [2.45, 2.75) is 13.5 Å². The smallest absolute Gasteiger partial charge is 0.177 e. The van der Waals surface area contributed by atoms with Gasteiger partial charge in [0.2, 0.25) is 0 Å². The van der Waals surface area contributed by atoms with Gasteiger partial charge in [0.15, 0.2) is 5.65 Å². The Balaban J connectivity index is 2.02. The number of rotatable bonds is 5. The fraction of sp³-hybridized carbons (Fsp3) is 0.455. The number of aromatic amines is 1. The standard InChI is InChI=1S/C11H16N4O/c1-8-5-9-11(13-6-8)15-10(14-9)7-12-3-4-16-2/h5-6,12H,3-4,7H2,1-2H3,(H,13,14,15). The van der Waals surface area contributed by atoms with Crippen LogP contribution in [0.5, 0.6) is 0 Å². The first-order chi connectivity index (χ1) is 7.79. The van der Waals surface area contributed by atoms with Crippen LogP contribution in [0.3, 0.4) is 0 Å². The minimum absolute atomic E-state index is 0.706. The molecule has 0 aliphatic heterocycles. The lowest BCUT2D eigenvalue weighted by Crippen LogP contribution is -2.19. The van der Waals surface area contributed by atoms with Crippen molar-refractivity contribution in [1.29, 1.82) is 0 Å². The van der Waals surface area contributed by atoms with Crippen molar-refractivity contribution in [3.05, 3.63) is 23.7 Å². The summed E-state index contributed by atoms with van der Waals surface area (Å²) >= 11 is 0. The summed E-state index contributed by atoms with van der Waals surface area (Å²) in [5.74, 6) is 0.907. The molecule has 5 nitrogen and oxygen atoms in total. The molecule has 86 valence electrons. The van der Waals surface area contributed by atoms with E-state index >= 15 is 0 Å². The van der Waals surface area contributed by atoms with Crippen molar-refractivity contribution in [3.8, 4) is 0 Å². The van der Waals surface area contributed by atoms with Crippen LogP contribution in [-0.4, -0.2) is 35.2 Å². The van der Waals surface area contributed by atoms with Crippen molar-refractivity contribution in [3.63, 3.8) is 0 Å². The summed E-state index contributed by atoms with van der Waals surface area (Å²) in [5.41, 5.74) is 2.90. The summed E-state index contributed by atoms with van der Waals surface area (Å²) < 4.78 is 4.95. The van der Waals surface area contributed by atoms with Gasteiger partial charge in [-0.15, -0.1) is 0 Å². The lowest BCUT2D eigenvalue weighted by Gasteiger charge is -2.00. The Bertz CT molecular complexity index is 466. The molecule has 0 atom stereocenters. The third kappa shape index (κ3) is 2.56. The van der Waals surface area contributed by atoms with Crippen LogP contribution in [0, 0.1) is 6.92 Å². The number of hydrogen-bond acceptors (Lipinski definition) is 4. The summed E-state index contributed by atoms with van der Waals surface area (Å²) in [5, 5.41) is 3.23. The van der Waals surface area contributed by atoms with Gasteiger partial charge in [0.05, 0.1) is 18.7 Å². The van der Waals surface area contributed by atoms with Crippen LogP contribution >= 0.6 is 0 Å². The average molecular weight is 220 g/mol. The van der Waals surface area contributed by atoms with Gasteiger partial charge in [0, 0.05) is 19.9 Å². The highest BCUT2D eigenvalue weighted by Gasteiger charge is 2.02. The number of aromatic nitrogens is 3. The van der Waals surface area contributed by atoms with Crippen molar-refractivity contribution >= 4 is 11.2 Å². The first kappa shape index (κ1) is 11.0. The molecule has 0 amide bonds. The summed E-state index contributed by atoms with van der Waals surface area (Å²) in [4.78, 5) is 11.9. The predicted molar refractivity (Wildman–Crippen MR) is 62.2 cm³/mol. The van der Waals surface area contributed by atoms with Gasteiger partial charge in [-0.2, -0.15) is 0 Å². The van der Waals surface area contributed by atoms with Gasteiger partial charge in [0.1, 0.15) is 5.82 Å². The second kappa shape index (κ2) is 5.05. The molecule has 16 heavy (non-hydrogen) atoms. The number of methoxy groups -OCH3 is 1. The van der Waals surface area contributed by atoms with Crippen LogP contribution in [0.4, 0.5) is 0 Å². The number of fused-ring (bicyclic) bond motifs is 1. The number of nitrogens with zero attached hydrogens (tertiary/aromatic N) is 2. The molecule has 0 radical (unpaired) electrons. The Kier molecular flexibility index (Phi) is 3.48. The van der Waals surface area contributed by atoms with Gasteiger partial charge in [0.25, 0.3) is 0 Å². The molecule has 2 aromatic rings. The zero-order chi connectivity index (χ0) is 11.4. The second-order valence-corrected chi connectivity index (χ2v) is 3.74. The van der Waals surface area contributed by atoms with Crippen LogP contribution in [0.15, 0.2) is 12.3 Å². The second-order valence-electron chi connectivity index (χ2n) is 3.74. The molecule has 5 heteroatoms. The quantitative estimate of drug-likeness (QED) is 0.738. The Morgan fingerprint density at radius 1 is 1.50 bits per heavy atom. The molecule has 2 heterocycles. The highest BCUT2D eigenvalue weighted by atomic mass is 16.5. The number of H-pyrrole nitrogens is 1. The molecule has 0 spiro atoms. The Morgan fingerprint density at radius 2 is 2.38 bits per heavy atom. The number of hydrogen-bond donors (Lipinski definition) is 2. The molecule has 0 fully saturated rings. The predicted octanol–water partition coefficient (Wildman–Crippen LogP) is 1.00. The maximum absolute atomic E-state index is 4.95. The largest absolute Gasteiger partial charge is 0.383 e. The molecular formula is C11H16N4O. The summed E-state index contributed by atoms with van der Waals surface area (Å²) in [6.45, 7) is 4.25. The fourth-order valence-corrected chi connectivity index (χ4v) is 1.52. The zero-order valence-corrected chi connectivity index (χ0v) is 9.58. The van der Waals surface area contributed by atoms with Gasteiger partial charge < -0.3 is 15.0 Å². The van der Waals surface area contributed by atoms with E-state index in [4.69, 9.17) is 4.74 Å². The van der Waals surface area contributed by atoms with Crippen molar-refractivity contribution in [2.24, 2.45) is 0 Å². The van der Waals surface area contributed by atoms with Gasteiger partial charge >= 0.3 is 0 Å². The normalized spacial score (nSPS) is 11.1. The van der Waals surface area contributed by atoms with E-state index < -0.39 is 0 Å². The third-order valence-electron chi connectivity index (χ3n) is 2.30. The van der Waals surface area contributed by atoms with Gasteiger partial charge in [-0.1, -0.05) is 0 Å². The molecule has 0 unspecified atom stereocenters. The number of aryl methyl sites for hydroxylation is 1. The highest BCUT2D eigenvalue weighted by Crippen LogP contribution is 2.09. The van der Waals surface area contributed by atoms with Crippen LogP contribution in [0.1, 0.15) is 11.4 Å². The van der Waals surface area contributed by atoms with Crippen LogP contribution in [0.2, 0.25) is 0 Å². The highest BCUT2D eigenvalue weighted by molar-refractivity contribution is 5.70. The molecule has 0 aliphatic rings. The van der Waals surface area contributed by atoms with Crippen molar-refractivity contribution in [2.75, 3.05) is 20.3 Å². The Hall–Kier alpha value is -1.46.